The van der Waals surface area contributed by atoms with Crippen molar-refractivity contribution in [2.24, 2.45) is 0 Å². The van der Waals surface area contributed by atoms with Gasteiger partial charge in [-0.15, -0.1) is 0 Å². The second-order valence-electron chi connectivity index (χ2n) is 6.18. The lowest BCUT2D eigenvalue weighted by Gasteiger charge is -2.31. The number of rotatable bonds is 11. The summed E-state index contributed by atoms with van der Waals surface area (Å²) in [5.41, 5.74) is 0.328. The summed E-state index contributed by atoms with van der Waals surface area (Å²) < 4.78 is 17.2. The Labute approximate surface area is 146 Å². The zero-order valence-corrected chi connectivity index (χ0v) is 15.7. The first kappa shape index (κ1) is 20.5. The third kappa shape index (κ3) is 5.81. The summed E-state index contributed by atoms with van der Waals surface area (Å²) in [6, 6.07) is 10.4. The van der Waals surface area contributed by atoms with E-state index in [1.54, 1.807) is 0 Å². The van der Waals surface area contributed by atoms with Crippen LogP contribution in [0.25, 0.3) is 0 Å². The van der Waals surface area contributed by atoms with E-state index in [-0.39, 0.29) is 12.4 Å². The third-order valence-corrected chi connectivity index (χ3v) is 3.87. The SMILES string of the molecule is CCCC(C#N)(CC(OCC)OCC)c1cccc(OC(C)C)c1. The van der Waals surface area contributed by atoms with Crippen molar-refractivity contribution in [1.82, 2.24) is 0 Å². The van der Waals surface area contributed by atoms with Crippen molar-refractivity contribution >= 4 is 0 Å². The average molecular weight is 333 g/mol. The number of nitrogens with zero attached hydrogens (tertiary/aromatic N) is 1. The first-order chi connectivity index (χ1) is 11.5. The zero-order valence-electron chi connectivity index (χ0n) is 15.7. The molecule has 134 valence electrons. The van der Waals surface area contributed by atoms with Crippen molar-refractivity contribution in [3.05, 3.63) is 29.8 Å². The topological polar surface area (TPSA) is 51.5 Å². The van der Waals surface area contributed by atoms with Gasteiger partial charge in [-0.2, -0.15) is 5.26 Å². The molecular formula is C20H31NO3. The maximum absolute atomic E-state index is 10.0. The molecule has 0 aromatic heterocycles. The van der Waals surface area contributed by atoms with Gasteiger partial charge in [0.15, 0.2) is 6.29 Å². The lowest BCUT2D eigenvalue weighted by molar-refractivity contribution is -0.146. The van der Waals surface area contributed by atoms with E-state index in [1.165, 1.54) is 0 Å². The Morgan fingerprint density at radius 2 is 1.79 bits per heavy atom. The van der Waals surface area contributed by atoms with Gasteiger partial charge in [0, 0.05) is 19.6 Å². The number of benzene rings is 1. The van der Waals surface area contributed by atoms with E-state index < -0.39 is 5.41 Å². The Balaban J connectivity index is 3.16. The van der Waals surface area contributed by atoms with Crippen LogP contribution in [0.4, 0.5) is 0 Å². The van der Waals surface area contributed by atoms with E-state index in [1.807, 2.05) is 52.0 Å². The molecule has 0 aliphatic heterocycles. The molecule has 0 amide bonds. The molecule has 0 aliphatic rings. The van der Waals surface area contributed by atoms with E-state index >= 15 is 0 Å². The van der Waals surface area contributed by atoms with E-state index in [2.05, 4.69) is 13.0 Å². The molecule has 0 saturated heterocycles. The van der Waals surface area contributed by atoms with Crippen molar-refractivity contribution in [3.8, 4) is 11.8 Å². The summed E-state index contributed by atoms with van der Waals surface area (Å²) in [6.45, 7) is 11.1. The van der Waals surface area contributed by atoms with Crippen LogP contribution in [0.5, 0.6) is 5.75 Å². The Kier molecular flexibility index (Phi) is 8.81. The Bertz CT molecular complexity index is 518. The minimum atomic E-state index is -0.639. The Hall–Kier alpha value is -1.57. The molecule has 4 heteroatoms. The number of nitriles is 1. The number of hydrogen-bond acceptors (Lipinski definition) is 4. The van der Waals surface area contributed by atoms with Gasteiger partial charge in [0.1, 0.15) is 5.75 Å². The van der Waals surface area contributed by atoms with Gasteiger partial charge in [0.25, 0.3) is 0 Å². The summed E-state index contributed by atoms with van der Waals surface area (Å²) >= 11 is 0. The fourth-order valence-corrected chi connectivity index (χ4v) is 2.92. The molecule has 1 atom stereocenters. The van der Waals surface area contributed by atoms with Crippen LogP contribution in [0.15, 0.2) is 24.3 Å². The molecule has 1 aromatic carbocycles. The van der Waals surface area contributed by atoms with Crippen molar-refractivity contribution in [2.45, 2.75) is 71.7 Å². The van der Waals surface area contributed by atoms with Crippen molar-refractivity contribution in [2.75, 3.05) is 13.2 Å². The molecule has 0 aliphatic carbocycles. The van der Waals surface area contributed by atoms with Crippen LogP contribution >= 0.6 is 0 Å². The largest absolute Gasteiger partial charge is 0.491 e. The lowest BCUT2D eigenvalue weighted by Crippen LogP contribution is -2.32. The molecule has 1 aromatic rings. The van der Waals surface area contributed by atoms with Crippen LogP contribution in [-0.4, -0.2) is 25.6 Å². The van der Waals surface area contributed by atoms with Gasteiger partial charge in [-0.1, -0.05) is 25.5 Å². The highest BCUT2D eigenvalue weighted by Gasteiger charge is 2.35. The van der Waals surface area contributed by atoms with E-state index in [0.29, 0.717) is 19.6 Å². The van der Waals surface area contributed by atoms with Gasteiger partial charge in [0.05, 0.1) is 17.6 Å². The van der Waals surface area contributed by atoms with Gasteiger partial charge >= 0.3 is 0 Å². The quantitative estimate of drug-likeness (QED) is 0.545. The van der Waals surface area contributed by atoms with Crippen LogP contribution in [0.1, 0.15) is 59.4 Å². The zero-order chi connectivity index (χ0) is 18.0. The number of ether oxygens (including phenoxy) is 3. The molecule has 1 unspecified atom stereocenters. The average Bonchev–Trinajstić information content (AvgIpc) is 2.54. The second-order valence-corrected chi connectivity index (χ2v) is 6.18. The van der Waals surface area contributed by atoms with Gasteiger partial charge in [-0.3, -0.25) is 0 Å². The van der Waals surface area contributed by atoms with Crippen LogP contribution in [0, 0.1) is 11.3 Å². The van der Waals surface area contributed by atoms with Crippen molar-refractivity contribution in [3.63, 3.8) is 0 Å². The summed E-state index contributed by atoms with van der Waals surface area (Å²) in [5, 5.41) is 10.0. The predicted molar refractivity (Wildman–Crippen MR) is 96.1 cm³/mol. The van der Waals surface area contributed by atoms with E-state index in [0.717, 1.165) is 24.2 Å². The molecule has 0 N–H and O–H groups in total. The van der Waals surface area contributed by atoms with Crippen LogP contribution < -0.4 is 4.74 Å². The molecule has 1 rings (SSSR count). The fourth-order valence-electron chi connectivity index (χ4n) is 2.92. The van der Waals surface area contributed by atoms with Crippen molar-refractivity contribution < 1.29 is 14.2 Å². The first-order valence-corrected chi connectivity index (χ1v) is 8.92. The smallest absolute Gasteiger partial charge is 0.159 e. The lowest BCUT2D eigenvalue weighted by atomic mass is 9.75. The highest BCUT2D eigenvalue weighted by molar-refractivity contribution is 5.38. The second kappa shape index (κ2) is 10.3. The molecule has 24 heavy (non-hydrogen) atoms. The fraction of sp³-hybridized carbons (Fsp3) is 0.650. The molecule has 0 radical (unpaired) electrons. The van der Waals surface area contributed by atoms with Gasteiger partial charge in [-0.05, 0) is 51.8 Å². The predicted octanol–water partition coefficient (Wildman–Crippen LogP) is 4.82. The highest BCUT2D eigenvalue weighted by atomic mass is 16.7. The summed E-state index contributed by atoms with van der Waals surface area (Å²) in [4.78, 5) is 0. The standard InChI is InChI=1S/C20H31NO3/c1-6-12-20(15-21,14-19(22-7-2)23-8-3)17-10-9-11-18(13-17)24-16(4)5/h9-11,13,16,19H,6-8,12,14H2,1-5H3. The minimum Gasteiger partial charge on any atom is -0.491 e. The summed E-state index contributed by atoms with van der Waals surface area (Å²) in [5.74, 6) is 0.794. The van der Waals surface area contributed by atoms with E-state index in [4.69, 9.17) is 14.2 Å². The van der Waals surface area contributed by atoms with Crippen LogP contribution in [0.3, 0.4) is 0 Å². The molecular weight excluding hydrogens is 302 g/mol. The van der Waals surface area contributed by atoms with Crippen molar-refractivity contribution in [1.29, 1.82) is 5.26 Å². The van der Waals surface area contributed by atoms with Gasteiger partial charge < -0.3 is 14.2 Å². The molecule has 0 spiro atoms. The van der Waals surface area contributed by atoms with E-state index in [9.17, 15) is 5.26 Å². The third-order valence-electron chi connectivity index (χ3n) is 3.87. The molecule has 0 heterocycles. The highest BCUT2D eigenvalue weighted by Crippen LogP contribution is 2.36. The Morgan fingerprint density at radius 1 is 1.12 bits per heavy atom. The normalized spacial score (nSPS) is 13.8. The molecule has 0 bridgehead atoms. The maximum atomic E-state index is 10.0. The van der Waals surface area contributed by atoms with Crippen LogP contribution in [0.2, 0.25) is 0 Å². The molecule has 0 fully saturated rings. The number of hydrogen-bond donors (Lipinski definition) is 0. The minimum absolute atomic E-state index is 0.0995. The maximum Gasteiger partial charge on any atom is 0.159 e. The molecule has 0 saturated carbocycles. The molecule has 4 nitrogen and oxygen atoms in total. The van der Waals surface area contributed by atoms with Gasteiger partial charge in [0.2, 0.25) is 0 Å². The summed E-state index contributed by atoms with van der Waals surface area (Å²) in [7, 11) is 0. The van der Waals surface area contributed by atoms with Crippen LogP contribution in [-0.2, 0) is 14.9 Å². The monoisotopic (exact) mass is 333 g/mol. The Morgan fingerprint density at radius 3 is 2.29 bits per heavy atom. The van der Waals surface area contributed by atoms with Gasteiger partial charge in [-0.25, -0.2) is 0 Å². The summed E-state index contributed by atoms with van der Waals surface area (Å²) in [6.07, 6.45) is 1.91. The first-order valence-electron chi connectivity index (χ1n) is 8.92.